The number of halogens is 1. The largest absolute Gasteiger partial charge is 0.493 e. The van der Waals surface area contributed by atoms with Gasteiger partial charge < -0.3 is 9.47 Å². The highest BCUT2D eigenvalue weighted by Gasteiger charge is 2.34. The highest BCUT2D eigenvalue weighted by atomic mass is 35.5. The van der Waals surface area contributed by atoms with Crippen LogP contribution in [0.2, 0.25) is 5.02 Å². The number of ether oxygens (including phenoxy) is 2. The van der Waals surface area contributed by atoms with E-state index in [9.17, 15) is 13.2 Å². The molecule has 2 aromatic carbocycles. The lowest BCUT2D eigenvalue weighted by atomic mass is 10.00. The quantitative estimate of drug-likeness (QED) is 0.529. The van der Waals surface area contributed by atoms with Crippen molar-refractivity contribution in [1.82, 2.24) is 4.31 Å². The number of carbonyl (C=O) groups excluding carboxylic acids is 1. The Bertz CT molecular complexity index is 1050. The Morgan fingerprint density at radius 2 is 1.93 bits per heavy atom. The van der Waals surface area contributed by atoms with Crippen molar-refractivity contribution in [2.24, 2.45) is 5.92 Å². The first-order valence-corrected chi connectivity index (χ1v) is 10.7. The lowest BCUT2D eigenvalue weighted by Crippen LogP contribution is -2.43. The third kappa shape index (κ3) is 4.70. The summed E-state index contributed by atoms with van der Waals surface area (Å²) in [6.07, 6.45) is 1.06. The van der Waals surface area contributed by atoms with E-state index in [0.717, 1.165) is 0 Å². The third-order valence-corrected chi connectivity index (χ3v) is 6.80. The molecule has 7 nitrogen and oxygen atoms in total. The summed E-state index contributed by atoms with van der Waals surface area (Å²) in [5.74, 6) is -0.691. The first-order valence-electron chi connectivity index (χ1n) is 8.90. The molecule has 152 valence electrons. The van der Waals surface area contributed by atoms with E-state index in [1.807, 2.05) is 6.07 Å². The van der Waals surface area contributed by atoms with Crippen LogP contribution in [-0.2, 0) is 14.8 Å². The Morgan fingerprint density at radius 1 is 1.21 bits per heavy atom. The van der Waals surface area contributed by atoms with Gasteiger partial charge in [-0.15, -0.1) is 0 Å². The lowest BCUT2D eigenvalue weighted by Gasteiger charge is -2.30. The van der Waals surface area contributed by atoms with E-state index in [4.69, 9.17) is 26.3 Å². The van der Waals surface area contributed by atoms with Gasteiger partial charge in [-0.05, 0) is 49.2 Å². The molecule has 0 saturated carbocycles. The molecular formula is C20H19ClN2O5S. The number of methoxy groups -OCH3 is 1. The minimum absolute atomic E-state index is 0.0301. The van der Waals surface area contributed by atoms with E-state index >= 15 is 0 Å². The highest BCUT2D eigenvalue weighted by molar-refractivity contribution is 7.89. The zero-order chi connectivity index (χ0) is 21.0. The Labute approximate surface area is 174 Å². The van der Waals surface area contributed by atoms with E-state index in [1.165, 1.54) is 53.9 Å². The van der Waals surface area contributed by atoms with Gasteiger partial charge in [0, 0.05) is 24.2 Å². The fourth-order valence-electron chi connectivity index (χ4n) is 3.12. The van der Waals surface area contributed by atoms with Gasteiger partial charge in [-0.2, -0.15) is 9.57 Å². The van der Waals surface area contributed by atoms with Gasteiger partial charge in [-0.3, -0.25) is 4.79 Å². The monoisotopic (exact) mass is 434 g/mol. The Morgan fingerprint density at radius 3 is 2.59 bits per heavy atom. The molecular weight excluding hydrogens is 416 g/mol. The van der Waals surface area contributed by atoms with Gasteiger partial charge in [0.25, 0.3) is 0 Å². The van der Waals surface area contributed by atoms with Gasteiger partial charge in [0.05, 0.1) is 29.6 Å². The highest BCUT2D eigenvalue weighted by Crippen LogP contribution is 2.30. The molecule has 0 N–H and O–H groups in total. The van der Waals surface area contributed by atoms with Gasteiger partial charge in [-0.25, -0.2) is 8.42 Å². The van der Waals surface area contributed by atoms with Crippen molar-refractivity contribution in [1.29, 1.82) is 5.26 Å². The average Bonchev–Trinajstić information content (AvgIpc) is 2.74. The zero-order valence-corrected chi connectivity index (χ0v) is 17.2. The van der Waals surface area contributed by atoms with Crippen molar-refractivity contribution < 1.29 is 22.7 Å². The summed E-state index contributed by atoms with van der Waals surface area (Å²) >= 11 is 5.84. The van der Waals surface area contributed by atoms with Crippen molar-refractivity contribution in [3.8, 4) is 17.6 Å². The summed E-state index contributed by atoms with van der Waals surface area (Å²) in [6, 6.07) is 12.4. The van der Waals surface area contributed by atoms with E-state index in [0.29, 0.717) is 30.0 Å². The second-order valence-corrected chi connectivity index (χ2v) is 8.93. The molecule has 2 aromatic rings. The SMILES string of the molecule is COc1cc(C#N)ccc1OC(=O)C1CCCN(S(=O)(=O)c2ccc(Cl)cc2)C1. The maximum atomic E-state index is 12.9. The van der Waals surface area contributed by atoms with Crippen LogP contribution >= 0.6 is 11.6 Å². The minimum Gasteiger partial charge on any atom is -0.493 e. The van der Waals surface area contributed by atoms with Crippen molar-refractivity contribution >= 4 is 27.6 Å². The van der Waals surface area contributed by atoms with Crippen LogP contribution in [0.4, 0.5) is 0 Å². The van der Waals surface area contributed by atoms with Crippen molar-refractivity contribution in [3.05, 3.63) is 53.1 Å². The van der Waals surface area contributed by atoms with Crippen molar-refractivity contribution in [2.45, 2.75) is 17.7 Å². The number of esters is 1. The van der Waals surface area contributed by atoms with Crippen LogP contribution in [0.1, 0.15) is 18.4 Å². The maximum absolute atomic E-state index is 12.9. The Kier molecular flexibility index (Phi) is 6.42. The topological polar surface area (TPSA) is 96.7 Å². The molecule has 1 saturated heterocycles. The standard InChI is InChI=1S/C20H19ClN2O5S/c1-27-19-11-14(12-22)4-9-18(19)28-20(24)15-3-2-10-23(13-15)29(25,26)17-7-5-16(21)6-8-17/h4-9,11,15H,2-3,10,13H2,1H3. The molecule has 1 fully saturated rings. The molecule has 29 heavy (non-hydrogen) atoms. The summed E-state index contributed by atoms with van der Waals surface area (Å²) in [5.41, 5.74) is 0.375. The van der Waals surface area contributed by atoms with Gasteiger partial charge in [0.2, 0.25) is 10.0 Å². The van der Waals surface area contributed by atoms with Crippen LogP contribution in [0.15, 0.2) is 47.4 Å². The average molecular weight is 435 g/mol. The van der Waals surface area contributed by atoms with Gasteiger partial charge in [-0.1, -0.05) is 11.6 Å². The van der Waals surface area contributed by atoms with E-state index in [-0.39, 0.29) is 22.9 Å². The molecule has 1 atom stereocenters. The van der Waals surface area contributed by atoms with E-state index in [1.54, 1.807) is 0 Å². The molecule has 0 amide bonds. The lowest BCUT2D eigenvalue weighted by molar-refractivity contribution is -0.140. The number of carbonyl (C=O) groups is 1. The van der Waals surface area contributed by atoms with Gasteiger partial charge in [0.1, 0.15) is 0 Å². The zero-order valence-electron chi connectivity index (χ0n) is 15.7. The molecule has 1 heterocycles. The molecule has 0 radical (unpaired) electrons. The van der Waals surface area contributed by atoms with E-state index in [2.05, 4.69) is 0 Å². The normalized spacial score (nSPS) is 17.3. The second-order valence-electron chi connectivity index (χ2n) is 6.55. The Balaban J connectivity index is 1.74. The second kappa shape index (κ2) is 8.82. The van der Waals surface area contributed by atoms with Crippen LogP contribution in [0.25, 0.3) is 0 Å². The van der Waals surface area contributed by atoms with Crippen LogP contribution in [0.5, 0.6) is 11.5 Å². The summed E-state index contributed by atoms with van der Waals surface area (Å²) in [6.45, 7) is 0.358. The summed E-state index contributed by atoms with van der Waals surface area (Å²) in [5, 5.41) is 9.41. The fraction of sp³-hybridized carbons (Fsp3) is 0.300. The maximum Gasteiger partial charge on any atom is 0.315 e. The summed E-state index contributed by atoms with van der Waals surface area (Å²) < 4.78 is 37.7. The predicted molar refractivity (Wildman–Crippen MR) is 106 cm³/mol. The molecule has 0 aliphatic carbocycles. The fourth-order valence-corrected chi connectivity index (χ4v) is 4.77. The molecule has 0 spiro atoms. The van der Waals surface area contributed by atoms with Crippen LogP contribution in [0.3, 0.4) is 0 Å². The summed E-state index contributed by atoms with van der Waals surface area (Å²) in [7, 11) is -2.32. The number of rotatable bonds is 5. The van der Waals surface area contributed by atoms with Gasteiger partial charge in [0.15, 0.2) is 11.5 Å². The third-order valence-electron chi connectivity index (χ3n) is 4.67. The summed E-state index contributed by atoms with van der Waals surface area (Å²) in [4.78, 5) is 12.8. The van der Waals surface area contributed by atoms with Crippen molar-refractivity contribution in [3.63, 3.8) is 0 Å². The Hall–Kier alpha value is -2.60. The molecule has 0 bridgehead atoms. The minimum atomic E-state index is -3.73. The van der Waals surface area contributed by atoms with Gasteiger partial charge >= 0.3 is 5.97 Å². The number of sulfonamides is 1. The molecule has 9 heteroatoms. The smallest absolute Gasteiger partial charge is 0.315 e. The number of hydrogen-bond donors (Lipinski definition) is 0. The van der Waals surface area contributed by atoms with E-state index < -0.39 is 21.9 Å². The first kappa shape index (κ1) is 21.1. The van der Waals surface area contributed by atoms with Crippen molar-refractivity contribution in [2.75, 3.05) is 20.2 Å². The number of benzene rings is 2. The number of nitrogens with zero attached hydrogens (tertiary/aromatic N) is 2. The van der Waals surface area contributed by atoms with Crippen LogP contribution in [-0.4, -0.2) is 38.9 Å². The first-order chi connectivity index (χ1) is 13.8. The predicted octanol–water partition coefficient (Wildman–Crippen LogP) is 3.23. The number of nitriles is 1. The number of hydrogen-bond acceptors (Lipinski definition) is 6. The molecule has 1 aliphatic heterocycles. The molecule has 0 aromatic heterocycles. The molecule has 1 aliphatic rings. The number of piperidine rings is 1. The van der Waals surface area contributed by atoms with Crippen LogP contribution < -0.4 is 9.47 Å². The van der Waals surface area contributed by atoms with Crippen LogP contribution in [0, 0.1) is 17.2 Å². The molecule has 3 rings (SSSR count). The molecule has 1 unspecified atom stereocenters.